The number of benzene rings is 4. The Morgan fingerprint density at radius 2 is 1.31 bits per heavy atom. The molecule has 0 heterocycles. The Bertz CT molecular complexity index is 2130. The van der Waals surface area contributed by atoms with Crippen LogP contribution in [0.5, 0.6) is 0 Å². The molecule has 0 saturated heterocycles. The molecule has 0 fully saturated rings. The van der Waals surface area contributed by atoms with Gasteiger partial charge in [-0.25, -0.2) is 16.8 Å². The number of azo groups is 1. The summed E-state index contributed by atoms with van der Waals surface area (Å²) in [6.45, 7) is 0. The Morgan fingerprint density at radius 3 is 1.89 bits per heavy atom. The molecular weight excluding hydrogens is 624 g/mol. The number of rotatable bonds is 8. The summed E-state index contributed by atoms with van der Waals surface area (Å²) in [5.74, 6) is -1.30. The van der Waals surface area contributed by atoms with Gasteiger partial charge in [-0.05, 0) is 103 Å². The largest absolute Gasteiger partial charge is 0.744 e. The Labute approximate surface area is 256 Å². The molecule has 0 saturated carbocycles. The van der Waals surface area contributed by atoms with Crippen molar-refractivity contribution in [2.75, 3.05) is 16.5 Å². The number of allylic oxidation sites excluding steroid dienone is 1. The molecule has 1 aliphatic carbocycles. The second-order valence-electron chi connectivity index (χ2n) is 9.44. The van der Waals surface area contributed by atoms with Gasteiger partial charge in [0.25, 0.3) is 5.91 Å². The Hall–Kier alpha value is -5.55. The van der Waals surface area contributed by atoms with E-state index in [4.69, 9.17) is 5.73 Å². The number of nitrogens with one attached hydrogen (secondary N) is 2. The molecule has 4 aromatic rings. The molecule has 0 spiro atoms. The molecule has 0 atom stereocenters. The summed E-state index contributed by atoms with van der Waals surface area (Å²) in [6.07, 6.45) is 1.01. The van der Waals surface area contributed by atoms with E-state index in [0.717, 1.165) is 18.2 Å². The molecule has 0 aliphatic heterocycles. The van der Waals surface area contributed by atoms with E-state index in [9.17, 15) is 35.5 Å². The molecule has 0 radical (unpaired) electrons. The average Bonchev–Trinajstić information content (AvgIpc) is 2.99. The summed E-state index contributed by atoms with van der Waals surface area (Å²) in [5.41, 5.74) is 9.77. The quantitative estimate of drug-likeness (QED) is 0.106. The van der Waals surface area contributed by atoms with Crippen molar-refractivity contribution in [2.45, 2.75) is 4.90 Å². The maximum Gasteiger partial charge on any atom is 0.255 e. The third-order valence-corrected chi connectivity index (χ3v) is 8.00. The first-order chi connectivity index (χ1) is 21.3. The van der Waals surface area contributed by atoms with E-state index in [1.54, 1.807) is 12.1 Å². The van der Waals surface area contributed by atoms with Crippen LogP contribution in [0.25, 0.3) is 6.08 Å². The van der Waals surface area contributed by atoms with E-state index < -0.39 is 47.4 Å². The first-order valence-corrected chi connectivity index (χ1v) is 15.5. The molecule has 16 heteroatoms. The molecule has 5 rings (SSSR count). The first-order valence-electron chi connectivity index (χ1n) is 12.7. The van der Waals surface area contributed by atoms with Crippen LogP contribution in [0.3, 0.4) is 0 Å². The van der Waals surface area contributed by atoms with E-state index in [0.29, 0.717) is 28.3 Å². The van der Waals surface area contributed by atoms with Crippen molar-refractivity contribution >= 4 is 72.2 Å². The van der Waals surface area contributed by atoms with Crippen molar-refractivity contribution in [1.82, 2.24) is 0 Å². The van der Waals surface area contributed by atoms with E-state index in [-0.39, 0.29) is 16.8 Å². The topological polar surface area (TPSA) is 236 Å². The van der Waals surface area contributed by atoms with E-state index in [1.807, 2.05) is 0 Å². The van der Waals surface area contributed by atoms with Crippen LogP contribution in [0.1, 0.15) is 26.3 Å². The van der Waals surface area contributed by atoms with E-state index in [2.05, 4.69) is 26.1 Å². The summed E-state index contributed by atoms with van der Waals surface area (Å²) in [4.78, 5) is 24.6. The van der Waals surface area contributed by atoms with Crippen molar-refractivity contribution in [3.05, 3.63) is 113 Å². The zero-order valence-corrected chi connectivity index (χ0v) is 24.4. The van der Waals surface area contributed by atoms with Crippen LogP contribution in [0, 0.1) is 0 Å². The van der Waals surface area contributed by atoms with Gasteiger partial charge in [0.1, 0.15) is 25.9 Å². The summed E-state index contributed by atoms with van der Waals surface area (Å²) in [5, 5.41) is 14.5. The van der Waals surface area contributed by atoms with Gasteiger partial charge in [0.15, 0.2) is 0 Å². The maximum absolute atomic E-state index is 13.2. The number of nitrogens with zero attached hydrogens (tertiary/aromatic N) is 3. The zero-order valence-electron chi connectivity index (χ0n) is 22.7. The highest BCUT2D eigenvalue weighted by Gasteiger charge is 2.30. The number of hydrogen-bond acceptors (Lipinski definition) is 13. The molecule has 4 aromatic carbocycles. The number of carbonyl (C=O) groups is 2. The number of fused-ring (bicyclic) bond motifs is 1. The lowest BCUT2D eigenvalue weighted by molar-refractivity contribution is 0.102. The lowest BCUT2D eigenvalue weighted by Gasteiger charge is -2.20. The van der Waals surface area contributed by atoms with Gasteiger partial charge in [-0.3, -0.25) is 15.0 Å². The summed E-state index contributed by atoms with van der Waals surface area (Å²) in [7, 11) is -9.73. The van der Waals surface area contributed by atoms with Crippen molar-refractivity contribution in [3.63, 3.8) is 0 Å². The van der Waals surface area contributed by atoms with Crippen LogP contribution in [-0.2, 0) is 20.2 Å². The fourth-order valence-electron chi connectivity index (χ4n) is 4.07. The van der Waals surface area contributed by atoms with Crippen molar-refractivity contribution in [3.8, 4) is 0 Å². The minimum Gasteiger partial charge on any atom is -0.744 e. The second-order valence-corrected chi connectivity index (χ2v) is 12.2. The molecule has 4 N–H and O–H groups in total. The van der Waals surface area contributed by atoms with Crippen LogP contribution < -0.4 is 16.5 Å². The normalized spacial score (nSPS) is 14.2. The zero-order chi connectivity index (χ0) is 32.4. The maximum atomic E-state index is 13.2. The minimum absolute atomic E-state index is 0.0603. The Balaban J connectivity index is 1.33. The molecule has 45 heavy (non-hydrogen) atoms. The third kappa shape index (κ3) is 7.34. The highest BCUT2D eigenvalue weighted by Crippen LogP contribution is 2.29. The number of anilines is 3. The number of Topliss-reactive ketones (excluding diaryl/α,β-unsaturated/α-hetero) is 1. The van der Waals surface area contributed by atoms with Crippen LogP contribution in [0.2, 0.25) is 0 Å². The third-order valence-electron chi connectivity index (χ3n) is 6.30. The van der Waals surface area contributed by atoms with E-state index >= 15 is 0 Å². The first kappa shape index (κ1) is 30.9. The van der Waals surface area contributed by atoms with Crippen LogP contribution in [-0.4, -0.2) is 43.3 Å². The SMILES string of the molecule is Nc1ccc(C(=O)Nc2ccc3c(c2)C=C(S(=O)(=O)[O-])C(=NNc2ccc(N=Nc4ccc(S(=O)(=O)[O-])cc4)cc2)C3=O)cc1. The monoisotopic (exact) mass is 644 g/mol. The van der Waals surface area contributed by atoms with Crippen molar-refractivity contribution < 1.29 is 35.5 Å². The number of hydrogen-bond donors (Lipinski definition) is 3. The summed E-state index contributed by atoms with van der Waals surface area (Å²) >= 11 is 0. The van der Waals surface area contributed by atoms with Gasteiger partial charge in [0.2, 0.25) is 5.78 Å². The van der Waals surface area contributed by atoms with Gasteiger partial charge in [-0.1, -0.05) is 0 Å². The van der Waals surface area contributed by atoms with Gasteiger partial charge in [0, 0.05) is 22.5 Å². The molecular formula is C29H20N6O8S2-2. The van der Waals surface area contributed by atoms with Gasteiger partial charge in [0.05, 0.1) is 26.9 Å². The van der Waals surface area contributed by atoms with E-state index in [1.165, 1.54) is 66.7 Å². The van der Waals surface area contributed by atoms with Crippen molar-refractivity contribution in [2.24, 2.45) is 15.3 Å². The lowest BCUT2D eigenvalue weighted by atomic mass is 9.94. The molecule has 0 bridgehead atoms. The number of nitrogens with two attached hydrogens (primary N) is 1. The van der Waals surface area contributed by atoms with Crippen LogP contribution in [0.15, 0.2) is 116 Å². The fraction of sp³-hybridized carbons (Fsp3) is 0. The number of ketones is 1. The number of nitrogen functional groups attached to an aromatic ring is 1. The number of amides is 1. The van der Waals surface area contributed by atoms with Gasteiger partial charge < -0.3 is 20.2 Å². The highest BCUT2D eigenvalue weighted by molar-refractivity contribution is 7.91. The van der Waals surface area contributed by atoms with Gasteiger partial charge in [-0.2, -0.15) is 15.3 Å². The molecule has 1 amide bonds. The molecule has 0 aromatic heterocycles. The van der Waals surface area contributed by atoms with Crippen molar-refractivity contribution in [1.29, 1.82) is 0 Å². The standard InChI is InChI=1S/C29H22N6O8S2/c30-19-3-1-17(2-4-19)29(37)31-23-11-14-25-18(15-23)16-26(45(41,42)43)27(28(25)36)35-34-21-7-5-20(6-8-21)32-33-22-9-12-24(13-10-22)44(38,39)40/h1-16,34H,30H2,(H,31,37)(H,38,39,40)(H,41,42,43)/p-2. The summed E-state index contributed by atoms with van der Waals surface area (Å²) in [6, 6.07) is 21.2. The predicted octanol–water partition coefficient (Wildman–Crippen LogP) is 4.39. The van der Waals surface area contributed by atoms with Gasteiger partial charge in [-0.15, -0.1) is 0 Å². The second kappa shape index (κ2) is 12.2. The fourth-order valence-corrected chi connectivity index (χ4v) is 5.18. The number of hydrazone groups is 1. The molecule has 0 unspecified atom stereocenters. The minimum atomic E-state index is -5.15. The number of carbonyl (C=O) groups excluding carboxylic acids is 2. The molecule has 228 valence electrons. The van der Waals surface area contributed by atoms with Crippen LogP contribution >= 0.6 is 0 Å². The lowest BCUT2D eigenvalue weighted by Crippen LogP contribution is -2.27. The molecule has 14 nitrogen and oxygen atoms in total. The highest BCUT2D eigenvalue weighted by atomic mass is 32.2. The van der Waals surface area contributed by atoms with Gasteiger partial charge >= 0.3 is 0 Å². The predicted molar refractivity (Wildman–Crippen MR) is 163 cm³/mol. The smallest absolute Gasteiger partial charge is 0.255 e. The Kier molecular flexibility index (Phi) is 8.38. The average molecular weight is 645 g/mol. The molecule has 1 aliphatic rings. The summed E-state index contributed by atoms with van der Waals surface area (Å²) < 4.78 is 69.4. The van der Waals surface area contributed by atoms with Crippen LogP contribution in [0.4, 0.5) is 28.4 Å². The Morgan fingerprint density at radius 1 is 0.733 bits per heavy atom.